The number of thiazole rings is 1. The molecule has 0 unspecified atom stereocenters. The first-order valence-electron chi connectivity index (χ1n) is 11.4. The molecule has 2 aromatic carbocycles. The van der Waals surface area contributed by atoms with Crippen LogP contribution in [0.2, 0.25) is 0 Å². The molecule has 1 fully saturated rings. The Balaban J connectivity index is 1.37. The highest BCUT2D eigenvalue weighted by Gasteiger charge is 2.48. The lowest BCUT2D eigenvalue weighted by molar-refractivity contribution is -0.210. The molecular formula is C24H23N7O4S. The molecule has 3 N–H and O–H groups in total. The van der Waals surface area contributed by atoms with Crippen molar-refractivity contribution in [2.75, 3.05) is 6.61 Å². The number of aryl methyl sites for hydroxylation is 1. The SMILES string of the molecule is Cc1nc2ccc(-n3ncnc3[C@@H]3O[C@H](CO)[C@H](O)[C@H](n4cc(-c5ccccc5)nn4)[C@H]3O)cc2s1. The Bertz CT molecular complexity index is 1500. The first-order valence-corrected chi connectivity index (χ1v) is 12.2. The maximum atomic E-state index is 11.4. The summed E-state index contributed by atoms with van der Waals surface area (Å²) in [6, 6.07) is 14.3. The highest BCUT2D eigenvalue weighted by molar-refractivity contribution is 7.18. The average molecular weight is 506 g/mol. The van der Waals surface area contributed by atoms with E-state index in [-0.39, 0.29) is 0 Å². The summed E-state index contributed by atoms with van der Waals surface area (Å²) in [7, 11) is 0. The molecule has 0 aliphatic carbocycles. The Kier molecular flexibility index (Phi) is 5.82. The van der Waals surface area contributed by atoms with Crippen LogP contribution in [0.4, 0.5) is 0 Å². The van der Waals surface area contributed by atoms with Crippen molar-refractivity contribution < 1.29 is 20.1 Å². The second-order valence-corrected chi connectivity index (χ2v) is 9.85. The van der Waals surface area contributed by atoms with Crippen molar-refractivity contribution in [3.8, 4) is 16.9 Å². The molecule has 11 nitrogen and oxygen atoms in total. The third-order valence-electron chi connectivity index (χ3n) is 6.33. The molecule has 0 amide bonds. The summed E-state index contributed by atoms with van der Waals surface area (Å²) in [6.07, 6.45) is -1.44. The first kappa shape index (κ1) is 22.9. The molecule has 12 heteroatoms. The van der Waals surface area contributed by atoms with Gasteiger partial charge in [0, 0.05) is 5.56 Å². The number of nitrogens with zero attached hydrogens (tertiary/aromatic N) is 7. The van der Waals surface area contributed by atoms with E-state index in [1.807, 2.05) is 55.5 Å². The average Bonchev–Trinajstić information content (AvgIpc) is 3.64. The molecule has 0 saturated carbocycles. The van der Waals surface area contributed by atoms with Crippen LogP contribution in [0.5, 0.6) is 0 Å². The van der Waals surface area contributed by atoms with Crippen molar-refractivity contribution >= 4 is 21.6 Å². The molecule has 5 aromatic rings. The lowest BCUT2D eigenvalue weighted by Crippen LogP contribution is -2.53. The largest absolute Gasteiger partial charge is 0.394 e. The highest BCUT2D eigenvalue weighted by Crippen LogP contribution is 2.38. The molecule has 1 aliphatic heterocycles. The van der Waals surface area contributed by atoms with Crippen LogP contribution in [0, 0.1) is 6.92 Å². The van der Waals surface area contributed by atoms with Crippen molar-refractivity contribution in [2.45, 2.75) is 37.4 Å². The quantitative estimate of drug-likeness (QED) is 0.326. The Labute approximate surface area is 209 Å². The minimum absolute atomic E-state index is 0.335. The van der Waals surface area contributed by atoms with Crippen LogP contribution in [0.1, 0.15) is 23.0 Å². The predicted molar refractivity (Wildman–Crippen MR) is 130 cm³/mol. The molecule has 6 rings (SSSR count). The summed E-state index contributed by atoms with van der Waals surface area (Å²) in [6.45, 7) is 1.49. The fourth-order valence-electron chi connectivity index (χ4n) is 4.60. The van der Waals surface area contributed by atoms with Crippen LogP contribution < -0.4 is 0 Å². The van der Waals surface area contributed by atoms with Gasteiger partial charge in [-0.15, -0.1) is 16.4 Å². The summed E-state index contributed by atoms with van der Waals surface area (Å²) in [5.41, 5.74) is 3.06. The van der Waals surface area contributed by atoms with E-state index in [0.29, 0.717) is 11.5 Å². The van der Waals surface area contributed by atoms with Crippen LogP contribution >= 0.6 is 11.3 Å². The molecule has 184 valence electrons. The van der Waals surface area contributed by atoms with Crippen molar-refractivity contribution in [2.24, 2.45) is 0 Å². The summed E-state index contributed by atoms with van der Waals surface area (Å²) in [5.74, 6) is 0.335. The van der Waals surface area contributed by atoms with Gasteiger partial charge in [0.1, 0.15) is 42.5 Å². The van der Waals surface area contributed by atoms with Gasteiger partial charge in [0.2, 0.25) is 0 Å². The smallest absolute Gasteiger partial charge is 0.163 e. The lowest BCUT2D eigenvalue weighted by atomic mass is 9.92. The topological polar surface area (TPSA) is 144 Å². The Morgan fingerprint density at radius 3 is 2.72 bits per heavy atom. The Morgan fingerprint density at radius 1 is 1.08 bits per heavy atom. The van der Waals surface area contributed by atoms with Gasteiger partial charge in [-0.2, -0.15) is 5.10 Å². The second-order valence-electron chi connectivity index (χ2n) is 8.61. The molecule has 4 heterocycles. The molecular weight excluding hydrogens is 482 g/mol. The number of aliphatic hydroxyl groups is 3. The summed E-state index contributed by atoms with van der Waals surface area (Å²) < 4.78 is 9.96. The number of hydrogen-bond donors (Lipinski definition) is 3. The van der Waals surface area contributed by atoms with Crippen molar-refractivity contribution in [3.05, 3.63) is 71.9 Å². The van der Waals surface area contributed by atoms with E-state index in [2.05, 4.69) is 25.4 Å². The lowest BCUT2D eigenvalue weighted by Gasteiger charge is -2.41. The van der Waals surface area contributed by atoms with E-state index in [1.54, 1.807) is 22.2 Å². The number of aromatic nitrogens is 7. The van der Waals surface area contributed by atoms with Gasteiger partial charge >= 0.3 is 0 Å². The van der Waals surface area contributed by atoms with Crippen molar-refractivity contribution in [1.82, 2.24) is 34.7 Å². The number of aliphatic hydroxyl groups excluding tert-OH is 3. The third kappa shape index (κ3) is 3.88. The minimum atomic E-state index is -1.26. The van der Waals surface area contributed by atoms with Gasteiger partial charge in [-0.05, 0) is 25.1 Å². The fourth-order valence-corrected chi connectivity index (χ4v) is 5.46. The third-order valence-corrected chi connectivity index (χ3v) is 7.26. The van der Waals surface area contributed by atoms with Crippen LogP contribution in [0.3, 0.4) is 0 Å². The molecule has 0 spiro atoms. The van der Waals surface area contributed by atoms with Crippen LogP contribution in [-0.2, 0) is 4.74 Å². The highest BCUT2D eigenvalue weighted by atomic mass is 32.1. The zero-order valence-electron chi connectivity index (χ0n) is 19.2. The minimum Gasteiger partial charge on any atom is -0.394 e. The van der Waals surface area contributed by atoms with Gasteiger partial charge in [0.15, 0.2) is 5.82 Å². The first-order chi connectivity index (χ1) is 17.5. The van der Waals surface area contributed by atoms with E-state index in [4.69, 9.17) is 4.74 Å². The van der Waals surface area contributed by atoms with Crippen LogP contribution in [-0.4, -0.2) is 75.0 Å². The van der Waals surface area contributed by atoms with Gasteiger partial charge in [0.25, 0.3) is 0 Å². The predicted octanol–water partition coefficient (Wildman–Crippen LogP) is 1.84. The molecule has 5 atom stereocenters. The molecule has 36 heavy (non-hydrogen) atoms. The van der Waals surface area contributed by atoms with Gasteiger partial charge in [0.05, 0.1) is 33.7 Å². The summed E-state index contributed by atoms with van der Waals surface area (Å²) >= 11 is 1.57. The van der Waals surface area contributed by atoms with Gasteiger partial charge < -0.3 is 20.1 Å². The number of benzene rings is 2. The normalized spacial score (nSPS) is 24.4. The number of ether oxygens (including phenoxy) is 1. The van der Waals surface area contributed by atoms with E-state index in [9.17, 15) is 15.3 Å². The van der Waals surface area contributed by atoms with Gasteiger partial charge in [-0.3, -0.25) is 0 Å². The van der Waals surface area contributed by atoms with Crippen molar-refractivity contribution in [1.29, 1.82) is 0 Å². The van der Waals surface area contributed by atoms with Crippen LogP contribution in [0.25, 0.3) is 27.2 Å². The zero-order valence-corrected chi connectivity index (χ0v) is 20.0. The van der Waals surface area contributed by atoms with Gasteiger partial charge in [-0.25, -0.2) is 19.3 Å². The van der Waals surface area contributed by atoms with Crippen molar-refractivity contribution in [3.63, 3.8) is 0 Å². The molecule has 3 aromatic heterocycles. The number of hydrogen-bond acceptors (Lipinski definition) is 10. The monoisotopic (exact) mass is 505 g/mol. The summed E-state index contributed by atoms with van der Waals surface area (Å²) in [5, 5.41) is 46.1. The maximum Gasteiger partial charge on any atom is 0.163 e. The van der Waals surface area contributed by atoms with Crippen LogP contribution in [0.15, 0.2) is 61.1 Å². The number of rotatable bonds is 5. The molecule has 1 aliphatic rings. The van der Waals surface area contributed by atoms with E-state index < -0.39 is 37.1 Å². The number of fused-ring (bicyclic) bond motifs is 1. The fraction of sp³-hybridized carbons (Fsp3) is 0.292. The molecule has 1 saturated heterocycles. The Morgan fingerprint density at radius 2 is 1.92 bits per heavy atom. The van der Waals surface area contributed by atoms with E-state index in [0.717, 1.165) is 26.5 Å². The zero-order chi connectivity index (χ0) is 24.8. The maximum absolute atomic E-state index is 11.4. The second kappa shape index (κ2) is 9.15. The standard InChI is InChI=1S/C24H23N7O4S/c1-13-27-16-8-7-15(9-19(16)36-13)31-24(25-12-26-31)23-22(34)20(21(33)18(11-32)35-23)30-10-17(28-29-30)14-5-3-2-4-6-14/h2-10,12,18,20-23,32-34H,11H2,1H3/t18-,20+,21+,22-,23-/m1/s1. The van der Waals surface area contributed by atoms with E-state index in [1.165, 1.54) is 11.0 Å². The summed E-state index contributed by atoms with van der Waals surface area (Å²) in [4.78, 5) is 8.87. The Hall–Kier alpha value is -3.55. The molecule has 0 radical (unpaired) electrons. The van der Waals surface area contributed by atoms with E-state index >= 15 is 0 Å². The van der Waals surface area contributed by atoms with Gasteiger partial charge in [-0.1, -0.05) is 35.5 Å². The molecule has 0 bridgehead atoms.